The molecule has 1 aromatic carbocycles. The number of anilines is 1. The van der Waals surface area contributed by atoms with Gasteiger partial charge in [-0.2, -0.15) is 0 Å². The third kappa shape index (κ3) is 3.67. The largest absolute Gasteiger partial charge is 0.354 e. The fourth-order valence-corrected chi connectivity index (χ4v) is 2.28. The van der Waals surface area contributed by atoms with Crippen molar-refractivity contribution in [2.24, 2.45) is 0 Å². The van der Waals surface area contributed by atoms with Gasteiger partial charge in [-0.3, -0.25) is 4.98 Å². The molecule has 0 amide bonds. The summed E-state index contributed by atoms with van der Waals surface area (Å²) < 4.78 is 0. The van der Waals surface area contributed by atoms with Gasteiger partial charge in [-0.25, -0.2) is 9.97 Å². The first-order valence-electron chi connectivity index (χ1n) is 7.28. The van der Waals surface area contributed by atoms with E-state index in [0.29, 0.717) is 0 Å². The van der Waals surface area contributed by atoms with Crippen LogP contribution in [0.4, 0.5) is 5.82 Å². The van der Waals surface area contributed by atoms with Crippen molar-refractivity contribution in [1.82, 2.24) is 15.0 Å². The molecule has 3 rings (SSSR count). The van der Waals surface area contributed by atoms with E-state index in [2.05, 4.69) is 32.0 Å². The van der Waals surface area contributed by atoms with Gasteiger partial charge < -0.3 is 4.90 Å². The molecule has 110 valence electrons. The first kappa shape index (κ1) is 14.2. The highest BCUT2D eigenvalue weighted by Gasteiger charge is 2.06. The Morgan fingerprint density at radius 1 is 0.864 bits per heavy atom. The van der Waals surface area contributed by atoms with Crippen LogP contribution < -0.4 is 4.90 Å². The van der Waals surface area contributed by atoms with E-state index in [4.69, 9.17) is 0 Å². The molecule has 0 aliphatic rings. The number of benzene rings is 1. The van der Waals surface area contributed by atoms with Crippen molar-refractivity contribution >= 4 is 5.82 Å². The van der Waals surface area contributed by atoms with Crippen LogP contribution in [0.2, 0.25) is 0 Å². The lowest BCUT2D eigenvalue weighted by Crippen LogP contribution is -2.19. The normalized spacial score (nSPS) is 10.4. The molecule has 0 bridgehead atoms. The lowest BCUT2D eigenvalue weighted by molar-refractivity contribution is 0.844. The van der Waals surface area contributed by atoms with E-state index in [-0.39, 0.29) is 0 Å². The Morgan fingerprint density at radius 2 is 1.68 bits per heavy atom. The molecule has 22 heavy (non-hydrogen) atoms. The van der Waals surface area contributed by atoms with Gasteiger partial charge in [-0.1, -0.05) is 36.4 Å². The van der Waals surface area contributed by atoms with E-state index in [1.807, 2.05) is 61.9 Å². The molecule has 0 spiro atoms. The molecule has 4 heteroatoms. The molecule has 0 unspecified atom stereocenters. The minimum atomic E-state index is 0.725. The molecule has 0 atom stereocenters. The van der Waals surface area contributed by atoms with E-state index in [0.717, 1.165) is 30.3 Å². The van der Waals surface area contributed by atoms with Gasteiger partial charge in [-0.15, -0.1) is 0 Å². The van der Waals surface area contributed by atoms with Gasteiger partial charge in [0.15, 0.2) is 0 Å². The molecule has 0 radical (unpaired) electrons. The number of nitrogens with zero attached hydrogens (tertiary/aromatic N) is 4. The topological polar surface area (TPSA) is 41.9 Å². The SMILES string of the molecule is CN(Cc1ccccn1)c1ccnc(Cc2ccccc2)n1. The average molecular weight is 290 g/mol. The van der Waals surface area contributed by atoms with Crippen LogP contribution in [0.15, 0.2) is 67.0 Å². The predicted molar refractivity (Wildman–Crippen MR) is 87.6 cm³/mol. The summed E-state index contributed by atoms with van der Waals surface area (Å²) in [6.07, 6.45) is 4.37. The van der Waals surface area contributed by atoms with Crippen LogP contribution in [0.25, 0.3) is 0 Å². The molecule has 0 fully saturated rings. The minimum absolute atomic E-state index is 0.725. The van der Waals surface area contributed by atoms with E-state index >= 15 is 0 Å². The Balaban J connectivity index is 1.73. The first-order chi connectivity index (χ1) is 10.8. The first-order valence-corrected chi connectivity index (χ1v) is 7.28. The van der Waals surface area contributed by atoms with Crippen LogP contribution in [-0.2, 0) is 13.0 Å². The number of pyridine rings is 1. The van der Waals surface area contributed by atoms with Crippen LogP contribution >= 0.6 is 0 Å². The van der Waals surface area contributed by atoms with Gasteiger partial charge in [0.1, 0.15) is 11.6 Å². The Morgan fingerprint density at radius 3 is 2.45 bits per heavy atom. The van der Waals surface area contributed by atoms with Crippen LogP contribution in [0, 0.1) is 0 Å². The van der Waals surface area contributed by atoms with Crippen molar-refractivity contribution in [2.45, 2.75) is 13.0 Å². The van der Waals surface area contributed by atoms with Crippen molar-refractivity contribution in [3.05, 3.63) is 84.1 Å². The summed E-state index contributed by atoms with van der Waals surface area (Å²) in [7, 11) is 2.02. The molecule has 0 saturated heterocycles. The highest BCUT2D eigenvalue weighted by Crippen LogP contribution is 2.13. The highest BCUT2D eigenvalue weighted by atomic mass is 15.2. The second-order valence-corrected chi connectivity index (χ2v) is 5.17. The quantitative estimate of drug-likeness (QED) is 0.724. The summed E-state index contributed by atoms with van der Waals surface area (Å²) >= 11 is 0. The standard InChI is InChI=1S/C18H18N4/c1-22(14-16-9-5-6-11-19-16)18-10-12-20-17(21-18)13-15-7-3-2-4-8-15/h2-12H,13-14H2,1H3. The third-order valence-electron chi connectivity index (χ3n) is 3.41. The summed E-state index contributed by atoms with van der Waals surface area (Å²) in [5.74, 6) is 1.74. The minimum Gasteiger partial charge on any atom is -0.354 e. The Kier molecular flexibility index (Phi) is 4.39. The van der Waals surface area contributed by atoms with Gasteiger partial charge in [0.2, 0.25) is 0 Å². The summed E-state index contributed by atoms with van der Waals surface area (Å²) in [6.45, 7) is 0.725. The molecular weight excluding hydrogens is 272 g/mol. The number of rotatable bonds is 5. The number of hydrogen-bond donors (Lipinski definition) is 0. The van der Waals surface area contributed by atoms with Gasteiger partial charge in [0, 0.05) is 25.9 Å². The molecule has 0 N–H and O–H groups in total. The summed E-state index contributed by atoms with van der Waals surface area (Å²) in [4.78, 5) is 15.5. The monoisotopic (exact) mass is 290 g/mol. The zero-order chi connectivity index (χ0) is 15.2. The summed E-state index contributed by atoms with van der Waals surface area (Å²) in [5, 5.41) is 0. The van der Waals surface area contributed by atoms with Gasteiger partial charge in [0.25, 0.3) is 0 Å². The fraction of sp³-hybridized carbons (Fsp3) is 0.167. The Bertz CT molecular complexity index is 713. The molecule has 0 aliphatic carbocycles. The third-order valence-corrected chi connectivity index (χ3v) is 3.41. The van der Waals surface area contributed by atoms with Crippen molar-refractivity contribution in [3.63, 3.8) is 0 Å². The van der Waals surface area contributed by atoms with Crippen LogP contribution in [-0.4, -0.2) is 22.0 Å². The summed E-state index contributed by atoms with van der Waals surface area (Å²) in [5.41, 5.74) is 2.24. The van der Waals surface area contributed by atoms with E-state index in [1.165, 1.54) is 5.56 Å². The predicted octanol–water partition coefficient (Wildman–Crippen LogP) is 3.10. The van der Waals surface area contributed by atoms with E-state index in [1.54, 1.807) is 0 Å². The molecule has 0 aliphatic heterocycles. The van der Waals surface area contributed by atoms with Gasteiger partial charge in [-0.05, 0) is 23.8 Å². The van der Waals surface area contributed by atoms with Crippen molar-refractivity contribution < 1.29 is 0 Å². The van der Waals surface area contributed by atoms with Crippen molar-refractivity contribution in [1.29, 1.82) is 0 Å². The van der Waals surface area contributed by atoms with E-state index in [9.17, 15) is 0 Å². The summed E-state index contributed by atoms with van der Waals surface area (Å²) in [6, 6.07) is 18.1. The Hall–Kier alpha value is -2.75. The van der Waals surface area contributed by atoms with Crippen LogP contribution in [0.5, 0.6) is 0 Å². The smallest absolute Gasteiger partial charge is 0.135 e. The van der Waals surface area contributed by atoms with Gasteiger partial charge in [0.05, 0.1) is 12.2 Å². The second-order valence-electron chi connectivity index (χ2n) is 5.17. The molecule has 0 saturated carbocycles. The second kappa shape index (κ2) is 6.80. The lowest BCUT2D eigenvalue weighted by atomic mass is 10.1. The molecule has 2 heterocycles. The maximum absolute atomic E-state index is 4.65. The van der Waals surface area contributed by atoms with Crippen LogP contribution in [0.1, 0.15) is 17.1 Å². The Labute approximate surface area is 130 Å². The number of aromatic nitrogens is 3. The average Bonchev–Trinajstić information content (AvgIpc) is 2.57. The highest BCUT2D eigenvalue weighted by molar-refractivity contribution is 5.37. The molecule has 4 nitrogen and oxygen atoms in total. The maximum Gasteiger partial charge on any atom is 0.135 e. The van der Waals surface area contributed by atoms with E-state index < -0.39 is 0 Å². The zero-order valence-corrected chi connectivity index (χ0v) is 12.6. The molecule has 2 aromatic heterocycles. The van der Waals surface area contributed by atoms with Crippen molar-refractivity contribution in [3.8, 4) is 0 Å². The van der Waals surface area contributed by atoms with Crippen LogP contribution in [0.3, 0.4) is 0 Å². The fourth-order valence-electron chi connectivity index (χ4n) is 2.28. The maximum atomic E-state index is 4.65. The van der Waals surface area contributed by atoms with Gasteiger partial charge >= 0.3 is 0 Å². The molecular formula is C18H18N4. The molecule has 3 aromatic rings. The van der Waals surface area contributed by atoms with Crippen molar-refractivity contribution in [2.75, 3.05) is 11.9 Å². The lowest BCUT2D eigenvalue weighted by Gasteiger charge is -2.18. The number of hydrogen-bond acceptors (Lipinski definition) is 4. The zero-order valence-electron chi connectivity index (χ0n) is 12.6.